The molecule has 0 unspecified atom stereocenters. The minimum Gasteiger partial charge on any atom is -0.371 e. The van der Waals surface area contributed by atoms with Crippen molar-refractivity contribution in [3.8, 4) is 0 Å². The first-order valence-electron chi connectivity index (χ1n) is 15.2. The second kappa shape index (κ2) is 18.2. The predicted molar refractivity (Wildman–Crippen MR) is 158 cm³/mol. The Bertz CT molecular complexity index is 785. The molecule has 1 heterocycles. The summed E-state index contributed by atoms with van der Waals surface area (Å²) >= 11 is 0. The molecule has 0 spiro atoms. The number of nitrogens with one attached hydrogen (secondary N) is 2. The summed E-state index contributed by atoms with van der Waals surface area (Å²) in [5.74, 6) is 0.702. The fourth-order valence-electron chi connectivity index (χ4n) is 5.10. The van der Waals surface area contributed by atoms with Crippen molar-refractivity contribution in [1.82, 2.24) is 10.2 Å². The number of amides is 2. The summed E-state index contributed by atoms with van der Waals surface area (Å²) in [5, 5.41) is 6.16. The lowest BCUT2D eigenvalue weighted by atomic mass is 9.97. The van der Waals surface area contributed by atoms with Crippen molar-refractivity contribution in [2.45, 2.75) is 105 Å². The average Bonchev–Trinajstić information content (AvgIpc) is 2.90. The third kappa shape index (κ3) is 11.9. The van der Waals surface area contributed by atoms with Crippen molar-refractivity contribution in [2.75, 3.05) is 49.5 Å². The van der Waals surface area contributed by atoms with E-state index >= 15 is 0 Å². The number of nitrogens with zero attached hydrogens (tertiary/aromatic N) is 2. The van der Waals surface area contributed by atoms with Crippen LogP contribution in [0, 0.1) is 5.92 Å². The molecule has 0 aliphatic carbocycles. The van der Waals surface area contributed by atoms with Gasteiger partial charge in [-0.3, -0.25) is 9.59 Å². The first-order chi connectivity index (χ1) is 18.0. The molecule has 0 saturated carbocycles. The van der Waals surface area contributed by atoms with Gasteiger partial charge in [0.15, 0.2) is 0 Å². The fourth-order valence-corrected chi connectivity index (χ4v) is 5.10. The molecule has 6 nitrogen and oxygen atoms in total. The van der Waals surface area contributed by atoms with Crippen LogP contribution in [0.1, 0.15) is 115 Å². The Kier molecular flexibility index (Phi) is 15.3. The van der Waals surface area contributed by atoms with Crippen LogP contribution < -0.4 is 15.5 Å². The van der Waals surface area contributed by atoms with E-state index in [1.807, 2.05) is 18.2 Å². The number of carbonyl (C=O) groups excluding carboxylic acids is 2. The van der Waals surface area contributed by atoms with Gasteiger partial charge in [-0.05, 0) is 56.5 Å². The molecule has 0 radical (unpaired) electrons. The molecule has 2 N–H and O–H groups in total. The van der Waals surface area contributed by atoms with Crippen LogP contribution in [0.3, 0.4) is 0 Å². The van der Waals surface area contributed by atoms with E-state index in [2.05, 4.69) is 48.1 Å². The zero-order chi connectivity index (χ0) is 26.9. The third-order valence-corrected chi connectivity index (χ3v) is 7.76. The van der Waals surface area contributed by atoms with Crippen molar-refractivity contribution in [1.29, 1.82) is 0 Å². The average molecular weight is 515 g/mol. The summed E-state index contributed by atoms with van der Waals surface area (Å²) < 4.78 is 0. The van der Waals surface area contributed by atoms with Gasteiger partial charge in [-0.1, -0.05) is 79.1 Å². The predicted octanol–water partition coefficient (Wildman–Crippen LogP) is 6.85. The van der Waals surface area contributed by atoms with Crippen molar-refractivity contribution in [3.63, 3.8) is 0 Å². The lowest BCUT2D eigenvalue weighted by Crippen LogP contribution is -2.37. The number of hydrogen-bond acceptors (Lipinski definition) is 4. The molecule has 1 aliphatic rings. The standard InChI is InChI=1S/C31H54N4O2/c1-5-8-9-10-11-12-13-14-15-16-30(36)33-27-17-18-29(35-22-19-26(4)20-23-35)28(25-27)31(37)32-21-24-34(6-2)7-3/h17-18,25-26H,5-16,19-24H2,1-4H3,(H,32,37)(H,33,36). The number of anilines is 2. The van der Waals surface area contributed by atoms with E-state index in [9.17, 15) is 9.59 Å². The first-order valence-corrected chi connectivity index (χ1v) is 15.2. The smallest absolute Gasteiger partial charge is 0.253 e. The maximum absolute atomic E-state index is 13.3. The van der Waals surface area contributed by atoms with Crippen molar-refractivity contribution < 1.29 is 9.59 Å². The lowest BCUT2D eigenvalue weighted by molar-refractivity contribution is -0.116. The SMILES string of the molecule is CCCCCCCCCCCC(=O)Nc1ccc(N2CCC(C)CC2)c(C(=O)NCCN(CC)CC)c1. The Morgan fingerprint density at radius 2 is 1.54 bits per heavy atom. The molecular formula is C31H54N4O2. The summed E-state index contributed by atoms with van der Waals surface area (Å²) in [6.07, 6.45) is 14.0. The van der Waals surface area contributed by atoms with E-state index in [0.29, 0.717) is 24.2 Å². The molecule has 0 atom stereocenters. The van der Waals surface area contributed by atoms with E-state index in [1.165, 1.54) is 44.9 Å². The van der Waals surface area contributed by atoms with Crippen LogP contribution in [-0.4, -0.2) is 56.0 Å². The second-order valence-electron chi connectivity index (χ2n) is 10.8. The first kappa shape index (κ1) is 31.1. The molecule has 1 fully saturated rings. The van der Waals surface area contributed by atoms with Gasteiger partial charge in [0.1, 0.15) is 0 Å². The Morgan fingerprint density at radius 1 is 0.919 bits per heavy atom. The molecule has 6 heteroatoms. The summed E-state index contributed by atoms with van der Waals surface area (Å²) in [6, 6.07) is 5.84. The summed E-state index contributed by atoms with van der Waals surface area (Å²) in [6.45, 7) is 14.2. The van der Waals surface area contributed by atoms with Gasteiger partial charge in [-0.15, -0.1) is 0 Å². The van der Waals surface area contributed by atoms with Gasteiger partial charge >= 0.3 is 0 Å². The molecule has 2 amide bonds. The number of rotatable bonds is 18. The molecule has 1 aromatic carbocycles. The van der Waals surface area contributed by atoms with E-state index in [-0.39, 0.29) is 11.8 Å². The van der Waals surface area contributed by atoms with Crippen molar-refractivity contribution in [3.05, 3.63) is 23.8 Å². The highest BCUT2D eigenvalue weighted by Crippen LogP contribution is 2.29. The molecule has 210 valence electrons. The lowest BCUT2D eigenvalue weighted by Gasteiger charge is -2.33. The summed E-state index contributed by atoms with van der Waals surface area (Å²) in [4.78, 5) is 30.5. The van der Waals surface area contributed by atoms with Gasteiger partial charge in [0.2, 0.25) is 5.91 Å². The minimum atomic E-state index is -0.0594. The van der Waals surface area contributed by atoms with Gasteiger partial charge in [-0.2, -0.15) is 0 Å². The molecule has 1 aliphatic heterocycles. The zero-order valence-corrected chi connectivity index (χ0v) is 24.2. The van der Waals surface area contributed by atoms with Crippen molar-refractivity contribution >= 4 is 23.2 Å². The van der Waals surface area contributed by atoms with Crippen LogP contribution in [0.2, 0.25) is 0 Å². The van der Waals surface area contributed by atoms with E-state index in [0.717, 1.165) is 70.0 Å². The molecule has 0 bridgehead atoms. The Balaban J connectivity index is 1.91. The van der Waals surface area contributed by atoms with Gasteiger partial charge in [0.05, 0.1) is 5.56 Å². The highest BCUT2D eigenvalue weighted by atomic mass is 16.2. The maximum Gasteiger partial charge on any atom is 0.253 e. The summed E-state index contributed by atoms with van der Waals surface area (Å²) in [7, 11) is 0. The van der Waals surface area contributed by atoms with E-state index in [4.69, 9.17) is 0 Å². The number of unbranched alkanes of at least 4 members (excludes halogenated alkanes) is 8. The molecular weight excluding hydrogens is 460 g/mol. The monoisotopic (exact) mass is 514 g/mol. The normalized spacial score (nSPS) is 14.2. The minimum absolute atomic E-state index is 0.0374. The Morgan fingerprint density at radius 3 is 2.16 bits per heavy atom. The van der Waals surface area contributed by atoms with Gasteiger partial charge in [0, 0.05) is 44.0 Å². The Labute approximate surface area is 226 Å². The molecule has 1 aromatic rings. The van der Waals surface area contributed by atoms with Gasteiger partial charge < -0.3 is 20.4 Å². The van der Waals surface area contributed by atoms with Crippen LogP contribution in [0.15, 0.2) is 18.2 Å². The maximum atomic E-state index is 13.3. The molecule has 1 saturated heterocycles. The molecule has 37 heavy (non-hydrogen) atoms. The highest BCUT2D eigenvalue weighted by molar-refractivity contribution is 6.02. The largest absolute Gasteiger partial charge is 0.371 e. The second-order valence-corrected chi connectivity index (χ2v) is 10.8. The molecule has 0 aromatic heterocycles. The fraction of sp³-hybridized carbons (Fsp3) is 0.742. The van der Waals surface area contributed by atoms with Crippen LogP contribution in [0.5, 0.6) is 0 Å². The van der Waals surface area contributed by atoms with Crippen LogP contribution in [0.25, 0.3) is 0 Å². The van der Waals surface area contributed by atoms with Crippen LogP contribution >= 0.6 is 0 Å². The summed E-state index contributed by atoms with van der Waals surface area (Å²) in [5.41, 5.74) is 2.35. The topological polar surface area (TPSA) is 64.7 Å². The number of piperidine rings is 1. The van der Waals surface area contributed by atoms with Gasteiger partial charge in [0.25, 0.3) is 5.91 Å². The Hall–Kier alpha value is -2.08. The van der Waals surface area contributed by atoms with E-state index in [1.54, 1.807) is 0 Å². The van der Waals surface area contributed by atoms with Gasteiger partial charge in [-0.25, -0.2) is 0 Å². The third-order valence-electron chi connectivity index (χ3n) is 7.76. The van der Waals surface area contributed by atoms with E-state index < -0.39 is 0 Å². The van der Waals surface area contributed by atoms with Crippen molar-refractivity contribution in [2.24, 2.45) is 5.92 Å². The quantitative estimate of drug-likeness (QED) is 0.210. The highest BCUT2D eigenvalue weighted by Gasteiger charge is 2.22. The number of carbonyl (C=O) groups is 2. The number of hydrogen-bond donors (Lipinski definition) is 2. The zero-order valence-electron chi connectivity index (χ0n) is 24.2. The van der Waals surface area contributed by atoms with Crippen LogP contribution in [-0.2, 0) is 4.79 Å². The number of benzene rings is 1. The van der Waals surface area contributed by atoms with Crippen LogP contribution in [0.4, 0.5) is 11.4 Å². The number of likely N-dealkylation sites (N-methyl/N-ethyl adjacent to an activating group) is 1. The molecule has 2 rings (SSSR count).